The van der Waals surface area contributed by atoms with Crippen molar-refractivity contribution in [3.63, 3.8) is 0 Å². The van der Waals surface area contributed by atoms with Gasteiger partial charge in [0.1, 0.15) is 18.5 Å². The summed E-state index contributed by atoms with van der Waals surface area (Å²) in [4.78, 5) is 0. The Bertz CT molecular complexity index is 804. The standard InChI is InChI=1S/C21H22ClNO2/c22-19-8-5-16(6-9-19)11-12-23-14-20(24)15-25-21-10-7-17-3-1-2-4-18(17)13-21/h1-10,13,20,23-24H,11-12,14-15H2/t20-/m1/s1. The van der Waals surface area contributed by atoms with Crippen molar-refractivity contribution in [2.24, 2.45) is 0 Å². The Hall–Kier alpha value is -2.07. The van der Waals surface area contributed by atoms with Crippen molar-refractivity contribution >= 4 is 22.4 Å². The van der Waals surface area contributed by atoms with Gasteiger partial charge in [-0.05, 0) is 53.6 Å². The second kappa shape index (κ2) is 8.86. The van der Waals surface area contributed by atoms with Crippen molar-refractivity contribution in [2.75, 3.05) is 19.7 Å². The summed E-state index contributed by atoms with van der Waals surface area (Å²) in [6.07, 6.45) is 0.354. The van der Waals surface area contributed by atoms with Crippen LogP contribution in [0.2, 0.25) is 5.02 Å². The van der Waals surface area contributed by atoms with E-state index in [1.54, 1.807) is 0 Å². The van der Waals surface area contributed by atoms with Crippen LogP contribution in [0.5, 0.6) is 5.75 Å². The molecule has 3 nitrogen and oxygen atoms in total. The Kier molecular flexibility index (Phi) is 6.29. The van der Waals surface area contributed by atoms with Gasteiger partial charge in [-0.25, -0.2) is 0 Å². The zero-order valence-corrected chi connectivity index (χ0v) is 14.7. The number of hydrogen-bond donors (Lipinski definition) is 2. The first-order chi connectivity index (χ1) is 12.2. The van der Waals surface area contributed by atoms with Gasteiger partial charge in [0.15, 0.2) is 0 Å². The summed E-state index contributed by atoms with van der Waals surface area (Å²) in [7, 11) is 0. The maximum atomic E-state index is 10.1. The minimum atomic E-state index is -0.545. The lowest BCUT2D eigenvalue weighted by atomic mass is 10.1. The van der Waals surface area contributed by atoms with Crippen LogP contribution >= 0.6 is 11.6 Å². The molecule has 0 aliphatic rings. The van der Waals surface area contributed by atoms with Gasteiger partial charge < -0.3 is 15.2 Å². The molecule has 0 saturated carbocycles. The van der Waals surface area contributed by atoms with Gasteiger partial charge in [-0.2, -0.15) is 0 Å². The topological polar surface area (TPSA) is 41.5 Å². The molecule has 0 aromatic heterocycles. The Morgan fingerprint density at radius 3 is 2.52 bits per heavy atom. The van der Waals surface area contributed by atoms with E-state index in [0.717, 1.165) is 29.1 Å². The summed E-state index contributed by atoms with van der Waals surface area (Å²) >= 11 is 5.87. The van der Waals surface area contributed by atoms with Gasteiger partial charge in [0, 0.05) is 11.6 Å². The molecule has 0 fully saturated rings. The van der Waals surface area contributed by atoms with Crippen LogP contribution < -0.4 is 10.1 Å². The first kappa shape index (κ1) is 17.7. The fourth-order valence-electron chi connectivity index (χ4n) is 2.66. The maximum Gasteiger partial charge on any atom is 0.120 e. The minimum Gasteiger partial charge on any atom is -0.491 e. The second-order valence-electron chi connectivity index (χ2n) is 6.05. The molecule has 0 aliphatic heterocycles. The molecule has 0 heterocycles. The van der Waals surface area contributed by atoms with Crippen molar-refractivity contribution in [1.29, 1.82) is 0 Å². The van der Waals surface area contributed by atoms with Crippen molar-refractivity contribution in [2.45, 2.75) is 12.5 Å². The molecular weight excluding hydrogens is 334 g/mol. The Morgan fingerprint density at radius 1 is 0.960 bits per heavy atom. The molecule has 25 heavy (non-hydrogen) atoms. The molecule has 3 aromatic rings. The molecule has 2 N–H and O–H groups in total. The molecule has 4 heteroatoms. The van der Waals surface area contributed by atoms with Crippen molar-refractivity contribution in [1.82, 2.24) is 5.32 Å². The smallest absolute Gasteiger partial charge is 0.120 e. The van der Waals surface area contributed by atoms with Crippen LogP contribution in [-0.4, -0.2) is 30.9 Å². The fraction of sp³-hybridized carbons (Fsp3) is 0.238. The van der Waals surface area contributed by atoms with Gasteiger partial charge in [0.05, 0.1) is 0 Å². The fourth-order valence-corrected chi connectivity index (χ4v) is 2.79. The van der Waals surface area contributed by atoms with Crippen LogP contribution in [0.1, 0.15) is 5.56 Å². The van der Waals surface area contributed by atoms with Gasteiger partial charge in [0.2, 0.25) is 0 Å². The Morgan fingerprint density at radius 2 is 1.72 bits per heavy atom. The monoisotopic (exact) mass is 355 g/mol. The predicted molar refractivity (Wildman–Crippen MR) is 103 cm³/mol. The summed E-state index contributed by atoms with van der Waals surface area (Å²) in [5.74, 6) is 0.777. The highest BCUT2D eigenvalue weighted by Gasteiger charge is 2.05. The summed E-state index contributed by atoms with van der Waals surface area (Å²) in [6, 6.07) is 21.9. The van der Waals surface area contributed by atoms with Crippen LogP contribution in [0.4, 0.5) is 0 Å². The highest BCUT2D eigenvalue weighted by atomic mass is 35.5. The van der Waals surface area contributed by atoms with E-state index in [2.05, 4.69) is 17.4 Å². The molecule has 1 atom stereocenters. The van der Waals surface area contributed by atoms with Gasteiger partial charge >= 0.3 is 0 Å². The Balaban J connectivity index is 1.38. The molecule has 130 valence electrons. The number of rotatable bonds is 8. The molecule has 0 radical (unpaired) electrons. The molecule has 0 amide bonds. The lowest BCUT2D eigenvalue weighted by Crippen LogP contribution is -2.32. The number of benzene rings is 3. The van der Waals surface area contributed by atoms with E-state index in [-0.39, 0.29) is 6.61 Å². The van der Waals surface area contributed by atoms with E-state index in [1.165, 1.54) is 10.9 Å². The highest BCUT2D eigenvalue weighted by Crippen LogP contribution is 2.20. The van der Waals surface area contributed by atoms with E-state index in [4.69, 9.17) is 16.3 Å². The molecule has 0 aliphatic carbocycles. The van der Waals surface area contributed by atoms with E-state index in [1.807, 2.05) is 54.6 Å². The summed E-state index contributed by atoms with van der Waals surface area (Å²) in [5, 5.41) is 16.4. The second-order valence-corrected chi connectivity index (χ2v) is 6.49. The quantitative estimate of drug-likeness (QED) is 0.598. The number of aliphatic hydroxyl groups excluding tert-OH is 1. The molecule has 0 spiro atoms. The van der Waals surface area contributed by atoms with E-state index in [9.17, 15) is 5.11 Å². The molecule has 3 aromatic carbocycles. The number of nitrogens with one attached hydrogen (secondary N) is 1. The largest absolute Gasteiger partial charge is 0.491 e. The number of halogens is 1. The zero-order valence-electron chi connectivity index (χ0n) is 14.0. The average Bonchev–Trinajstić information content (AvgIpc) is 2.65. The lowest BCUT2D eigenvalue weighted by Gasteiger charge is -2.14. The Labute approximate surface area is 153 Å². The molecule has 0 saturated heterocycles. The maximum absolute atomic E-state index is 10.1. The van der Waals surface area contributed by atoms with Crippen molar-refractivity contribution in [3.8, 4) is 5.75 Å². The number of hydrogen-bond acceptors (Lipinski definition) is 3. The van der Waals surface area contributed by atoms with E-state index in [0.29, 0.717) is 6.54 Å². The van der Waals surface area contributed by atoms with Crippen LogP contribution in [0.25, 0.3) is 10.8 Å². The average molecular weight is 356 g/mol. The normalized spacial score (nSPS) is 12.2. The van der Waals surface area contributed by atoms with Crippen LogP contribution in [0.3, 0.4) is 0 Å². The van der Waals surface area contributed by atoms with Gasteiger partial charge in [-0.1, -0.05) is 54.1 Å². The van der Waals surface area contributed by atoms with E-state index >= 15 is 0 Å². The third-order valence-electron chi connectivity index (χ3n) is 4.05. The first-order valence-corrected chi connectivity index (χ1v) is 8.83. The summed E-state index contributed by atoms with van der Waals surface area (Å²) in [6.45, 7) is 1.57. The van der Waals surface area contributed by atoms with Gasteiger partial charge in [-0.15, -0.1) is 0 Å². The molecular formula is C21H22ClNO2. The number of ether oxygens (including phenoxy) is 1. The van der Waals surface area contributed by atoms with Crippen LogP contribution in [0, 0.1) is 0 Å². The number of fused-ring (bicyclic) bond motifs is 1. The zero-order chi connectivity index (χ0) is 17.5. The summed E-state index contributed by atoms with van der Waals surface area (Å²) < 4.78 is 5.70. The van der Waals surface area contributed by atoms with E-state index < -0.39 is 6.10 Å². The third-order valence-corrected chi connectivity index (χ3v) is 4.30. The SMILES string of the molecule is O[C@H](CNCCc1ccc(Cl)cc1)COc1ccc2ccccc2c1. The van der Waals surface area contributed by atoms with Crippen LogP contribution in [0.15, 0.2) is 66.7 Å². The lowest BCUT2D eigenvalue weighted by molar-refractivity contribution is 0.107. The summed E-state index contributed by atoms with van der Waals surface area (Å²) in [5.41, 5.74) is 1.22. The predicted octanol–water partition coefficient (Wildman–Crippen LogP) is 4.07. The van der Waals surface area contributed by atoms with Crippen molar-refractivity contribution < 1.29 is 9.84 Å². The third kappa shape index (κ3) is 5.46. The highest BCUT2D eigenvalue weighted by molar-refractivity contribution is 6.30. The molecule has 3 rings (SSSR count). The van der Waals surface area contributed by atoms with Crippen molar-refractivity contribution in [3.05, 3.63) is 77.3 Å². The number of aliphatic hydroxyl groups is 1. The molecule has 0 unspecified atom stereocenters. The van der Waals surface area contributed by atoms with Gasteiger partial charge in [0.25, 0.3) is 0 Å². The first-order valence-electron chi connectivity index (χ1n) is 8.45. The molecule has 0 bridgehead atoms. The van der Waals surface area contributed by atoms with Crippen LogP contribution in [-0.2, 0) is 6.42 Å². The van der Waals surface area contributed by atoms with Gasteiger partial charge in [-0.3, -0.25) is 0 Å². The minimum absolute atomic E-state index is 0.270.